The second-order valence-corrected chi connectivity index (χ2v) is 17.2. The number of oxime groups is 1. The molecule has 0 saturated carbocycles. The minimum atomic E-state index is -3.95. The molecule has 3 amide bonds. The number of carbonyl (C=O) groups excluding carboxylic acids is 2. The summed E-state index contributed by atoms with van der Waals surface area (Å²) in [5.74, 6) is 0.176. The van der Waals surface area contributed by atoms with E-state index in [4.69, 9.17) is 10.2 Å². The van der Waals surface area contributed by atoms with Gasteiger partial charge in [-0.1, -0.05) is 101 Å². The number of para-hydroxylation sites is 2. The van der Waals surface area contributed by atoms with Crippen LogP contribution < -0.4 is 10.6 Å². The van der Waals surface area contributed by atoms with E-state index >= 15 is 0 Å². The van der Waals surface area contributed by atoms with Crippen LogP contribution >= 0.6 is 0 Å². The van der Waals surface area contributed by atoms with Gasteiger partial charge in [0.25, 0.3) is 0 Å². The van der Waals surface area contributed by atoms with Crippen LogP contribution in [0.1, 0.15) is 58.0 Å². The lowest BCUT2D eigenvalue weighted by molar-refractivity contribution is -0.128. The molecule has 4 aromatic rings. The van der Waals surface area contributed by atoms with Gasteiger partial charge in [-0.15, -0.1) is 0 Å². The number of nitrogens with zero attached hydrogens (tertiary/aromatic N) is 5. The van der Waals surface area contributed by atoms with E-state index in [1.54, 1.807) is 42.7 Å². The van der Waals surface area contributed by atoms with Crippen molar-refractivity contribution in [1.82, 2.24) is 30.0 Å². The third-order valence-electron chi connectivity index (χ3n) is 10.2. The Hall–Kier alpha value is -4.79. The van der Waals surface area contributed by atoms with Crippen molar-refractivity contribution in [3.63, 3.8) is 0 Å². The summed E-state index contributed by atoms with van der Waals surface area (Å²) < 4.78 is 29.9. The number of fused-ring (bicyclic) bond motifs is 1. The maximum Gasteiger partial charge on any atom is 0.321 e. The Bertz CT molecular complexity index is 2030. The summed E-state index contributed by atoms with van der Waals surface area (Å²) in [5.41, 5.74) is 2.45. The number of hydrogen-bond acceptors (Lipinski definition) is 9. The number of urea groups is 1. The van der Waals surface area contributed by atoms with Gasteiger partial charge in [-0.05, 0) is 53.1 Å². The lowest BCUT2D eigenvalue weighted by Crippen LogP contribution is -2.58. The summed E-state index contributed by atoms with van der Waals surface area (Å²) in [4.78, 5) is 36.4. The quantitative estimate of drug-likeness (QED) is 0.0733. The van der Waals surface area contributed by atoms with E-state index < -0.39 is 38.8 Å². The first-order chi connectivity index (χ1) is 25.6. The minimum Gasteiger partial charge on any atom is -0.411 e. The van der Waals surface area contributed by atoms with Gasteiger partial charge in [-0.3, -0.25) is 10.1 Å². The summed E-state index contributed by atoms with van der Waals surface area (Å²) in [5, 5.41) is 28.7. The van der Waals surface area contributed by atoms with Crippen LogP contribution in [0, 0.1) is 11.3 Å². The third-order valence-corrected chi connectivity index (χ3v) is 12.7. The predicted molar refractivity (Wildman–Crippen MR) is 209 cm³/mol. The molecule has 1 aliphatic rings. The van der Waals surface area contributed by atoms with Crippen LogP contribution in [0.5, 0.6) is 0 Å². The fraction of sp³-hybridized carbons (Fsp3) is 0.450. The van der Waals surface area contributed by atoms with Crippen molar-refractivity contribution < 1.29 is 28.3 Å². The Balaban J connectivity index is 1.35. The zero-order chi connectivity index (χ0) is 39.2. The Morgan fingerprint density at radius 3 is 2.31 bits per heavy atom. The SMILES string of the molecule is CC[C@H](C)[C@@H](C(=O)N[C@H](Cc1ccccc1)[C@@H](O)CN[C@H](C(C)(C)C)S(=O)(=O)c1ccc(/C=N/O)cc1)N1CCN(Cc2nc3ccccc3n2C)C1=O. The molecule has 4 N–H and O–H groups in total. The molecular weight excluding hydrogens is 707 g/mol. The van der Waals surface area contributed by atoms with Gasteiger partial charge in [0.2, 0.25) is 5.91 Å². The van der Waals surface area contributed by atoms with Gasteiger partial charge in [0.05, 0.1) is 40.8 Å². The molecule has 1 fully saturated rings. The fourth-order valence-corrected chi connectivity index (χ4v) is 9.10. The summed E-state index contributed by atoms with van der Waals surface area (Å²) in [6, 6.07) is 21.4. The van der Waals surface area contributed by atoms with E-state index in [2.05, 4.69) is 15.8 Å². The third kappa shape index (κ3) is 9.11. The second-order valence-electron chi connectivity index (χ2n) is 15.2. The first-order valence-corrected chi connectivity index (χ1v) is 19.9. The van der Waals surface area contributed by atoms with Crippen molar-refractivity contribution in [1.29, 1.82) is 0 Å². The number of rotatable bonds is 16. The predicted octanol–water partition coefficient (Wildman–Crippen LogP) is 4.56. The van der Waals surface area contributed by atoms with Gasteiger partial charge < -0.3 is 30.0 Å². The number of imidazole rings is 1. The normalized spacial score (nSPS) is 16.8. The van der Waals surface area contributed by atoms with E-state index in [0.717, 1.165) is 22.4 Å². The molecule has 0 spiro atoms. The van der Waals surface area contributed by atoms with E-state index in [1.807, 2.05) is 80.1 Å². The molecule has 54 heavy (non-hydrogen) atoms. The summed E-state index contributed by atoms with van der Waals surface area (Å²) >= 11 is 0. The number of benzene rings is 3. The Morgan fingerprint density at radius 2 is 1.69 bits per heavy atom. The lowest BCUT2D eigenvalue weighted by atomic mass is 9.94. The molecule has 0 unspecified atom stereocenters. The number of aromatic nitrogens is 2. The lowest BCUT2D eigenvalue weighted by Gasteiger charge is -2.35. The van der Waals surface area contributed by atoms with Crippen molar-refractivity contribution in [2.24, 2.45) is 23.5 Å². The van der Waals surface area contributed by atoms with Crippen LogP contribution in [0.2, 0.25) is 0 Å². The molecule has 2 heterocycles. The first kappa shape index (κ1) is 40.4. The van der Waals surface area contributed by atoms with Crippen LogP contribution in [-0.2, 0) is 34.6 Å². The van der Waals surface area contributed by atoms with Gasteiger partial charge in [-0.25, -0.2) is 18.2 Å². The standard InChI is InChI=1S/C40H53N7O6S/c1-7-27(2)36(47-22-21-46(39(47)50)26-35-43-31-15-11-12-16-33(31)45(35)6)37(49)44-32(23-28-13-9-8-10-14-28)34(48)25-41-38(40(3,4)5)54(52,53)30-19-17-29(18-20-30)24-42-51/h8-20,24,27,32,34,36,38,41,48,51H,7,21-23,25-26H2,1-6H3,(H,44,49)/b42-24+/t27-,32+,34-,36-,38-/m0/s1. The first-order valence-electron chi connectivity index (χ1n) is 18.4. The minimum absolute atomic E-state index is 0.0746. The number of amides is 3. The Labute approximate surface area is 318 Å². The van der Waals surface area contributed by atoms with Crippen LogP contribution in [0.15, 0.2) is 88.9 Å². The maximum atomic E-state index is 14.3. The van der Waals surface area contributed by atoms with Gasteiger partial charge in [0, 0.05) is 26.7 Å². The summed E-state index contributed by atoms with van der Waals surface area (Å²) in [6.45, 7) is 10.3. The highest BCUT2D eigenvalue weighted by Gasteiger charge is 2.42. The molecule has 1 saturated heterocycles. The van der Waals surface area contributed by atoms with Crippen molar-refractivity contribution in [2.45, 2.75) is 82.5 Å². The van der Waals surface area contributed by atoms with Crippen LogP contribution in [0.25, 0.3) is 11.0 Å². The van der Waals surface area contributed by atoms with Crippen molar-refractivity contribution in [3.8, 4) is 0 Å². The number of aliphatic hydroxyl groups excluding tert-OH is 1. The zero-order valence-electron chi connectivity index (χ0n) is 31.9. The number of sulfone groups is 1. The summed E-state index contributed by atoms with van der Waals surface area (Å²) in [6.07, 6.45) is 0.923. The second kappa shape index (κ2) is 17.1. The molecule has 13 nitrogen and oxygen atoms in total. The molecular formula is C40H53N7O6S. The highest BCUT2D eigenvalue weighted by molar-refractivity contribution is 7.92. The smallest absolute Gasteiger partial charge is 0.321 e. The van der Waals surface area contributed by atoms with E-state index in [-0.39, 0.29) is 35.7 Å². The number of nitrogens with one attached hydrogen (secondary N) is 2. The number of aliphatic hydroxyl groups is 1. The molecule has 0 bridgehead atoms. The van der Waals surface area contributed by atoms with Gasteiger partial charge >= 0.3 is 6.03 Å². The van der Waals surface area contributed by atoms with Gasteiger partial charge in [0.1, 0.15) is 17.2 Å². The Kier molecular flexibility index (Phi) is 12.8. The molecule has 1 aliphatic heterocycles. The van der Waals surface area contributed by atoms with Crippen molar-refractivity contribution in [3.05, 3.63) is 95.8 Å². The molecule has 0 aliphatic carbocycles. The highest BCUT2D eigenvalue weighted by Crippen LogP contribution is 2.29. The summed E-state index contributed by atoms with van der Waals surface area (Å²) in [7, 11) is -2.02. The molecule has 5 atom stereocenters. The highest BCUT2D eigenvalue weighted by atomic mass is 32.2. The zero-order valence-corrected chi connectivity index (χ0v) is 32.7. The average molecular weight is 760 g/mol. The molecule has 0 radical (unpaired) electrons. The van der Waals surface area contributed by atoms with Crippen molar-refractivity contribution in [2.75, 3.05) is 19.6 Å². The van der Waals surface area contributed by atoms with Crippen molar-refractivity contribution >= 4 is 39.0 Å². The number of aryl methyl sites for hydroxylation is 1. The fourth-order valence-electron chi connectivity index (χ4n) is 7.06. The van der Waals surface area contributed by atoms with Gasteiger partial charge in [0.15, 0.2) is 9.84 Å². The number of hydrogen-bond donors (Lipinski definition) is 4. The van der Waals surface area contributed by atoms with E-state index in [0.29, 0.717) is 31.6 Å². The number of carbonyl (C=O) groups is 2. The van der Waals surface area contributed by atoms with Crippen LogP contribution in [-0.4, -0.2) is 99.4 Å². The Morgan fingerprint density at radius 1 is 1.02 bits per heavy atom. The van der Waals surface area contributed by atoms with E-state index in [9.17, 15) is 23.1 Å². The largest absolute Gasteiger partial charge is 0.411 e. The maximum absolute atomic E-state index is 14.3. The monoisotopic (exact) mass is 759 g/mol. The topological polar surface area (TPSA) is 169 Å². The van der Waals surface area contributed by atoms with Crippen LogP contribution in [0.4, 0.5) is 4.79 Å². The van der Waals surface area contributed by atoms with E-state index in [1.165, 1.54) is 18.3 Å². The van der Waals surface area contributed by atoms with Gasteiger partial charge in [-0.2, -0.15) is 0 Å². The molecule has 3 aromatic carbocycles. The average Bonchev–Trinajstić information content (AvgIpc) is 3.65. The molecule has 290 valence electrons. The molecule has 14 heteroatoms. The van der Waals surface area contributed by atoms with Crippen LogP contribution in [0.3, 0.4) is 0 Å². The molecule has 5 rings (SSSR count). The molecule has 1 aromatic heterocycles.